The number of benzene rings is 1. The molecule has 0 bridgehead atoms. The van der Waals surface area contributed by atoms with Gasteiger partial charge in [0.05, 0.1) is 0 Å². The van der Waals surface area contributed by atoms with Gasteiger partial charge in [0, 0.05) is 12.1 Å². The van der Waals surface area contributed by atoms with Crippen molar-refractivity contribution >= 4 is 23.4 Å². The number of hydrogen-bond acceptors (Lipinski definition) is 4. The lowest BCUT2D eigenvalue weighted by Crippen LogP contribution is -2.65. The number of nitrogen functional groups attached to an aromatic ring is 1. The van der Waals surface area contributed by atoms with Crippen LogP contribution in [0.4, 0.5) is 5.69 Å². The van der Waals surface area contributed by atoms with Crippen molar-refractivity contribution in [3.05, 3.63) is 29.8 Å². The highest BCUT2D eigenvalue weighted by atomic mass is 16.2. The fourth-order valence-electron chi connectivity index (χ4n) is 2.32. The lowest BCUT2D eigenvalue weighted by molar-refractivity contribution is -0.155. The van der Waals surface area contributed by atoms with Crippen LogP contribution in [0, 0.1) is 0 Å². The fourth-order valence-corrected chi connectivity index (χ4v) is 2.32. The topological polar surface area (TPSA) is 92.5 Å². The number of carbonyl (C=O) groups excluding carboxylic acids is 3. The van der Waals surface area contributed by atoms with E-state index in [-0.39, 0.29) is 18.9 Å². The highest BCUT2D eigenvalue weighted by molar-refractivity contribution is 6.06. The molecule has 1 aromatic carbocycles. The van der Waals surface area contributed by atoms with Gasteiger partial charge in [-0.1, -0.05) is 18.2 Å². The molecule has 0 saturated carbocycles. The lowest BCUT2D eigenvalue weighted by atomic mass is 9.97. The second-order valence-corrected chi connectivity index (χ2v) is 5.62. The number of imide groups is 1. The third kappa shape index (κ3) is 3.04. The molecule has 0 spiro atoms. The first-order valence-corrected chi connectivity index (χ1v) is 6.80. The predicted molar refractivity (Wildman–Crippen MR) is 78.1 cm³/mol. The number of anilines is 1. The van der Waals surface area contributed by atoms with E-state index in [1.807, 2.05) is 18.2 Å². The van der Waals surface area contributed by atoms with E-state index in [0.717, 1.165) is 5.56 Å². The molecule has 3 amide bonds. The van der Waals surface area contributed by atoms with Crippen molar-refractivity contribution in [3.8, 4) is 0 Å². The SMILES string of the molecule is CC1(C)C(=O)NC(=O)CN1C(=O)CCc1ccccc1N. The van der Waals surface area contributed by atoms with Crippen LogP contribution in [-0.4, -0.2) is 34.7 Å². The van der Waals surface area contributed by atoms with E-state index in [1.165, 1.54) is 4.90 Å². The zero-order chi connectivity index (χ0) is 15.6. The van der Waals surface area contributed by atoms with Crippen LogP contribution in [0.3, 0.4) is 0 Å². The first kappa shape index (κ1) is 15.0. The Balaban J connectivity index is 2.07. The Kier molecular flexibility index (Phi) is 3.97. The van der Waals surface area contributed by atoms with Gasteiger partial charge in [-0.3, -0.25) is 19.7 Å². The van der Waals surface area contributed by atoms with Crippen molar-refractivity contribution in [2.45, 2.75) is 32.2 Å². The van der Waals surface area contributed by atoms with Gasteiger partial charge in [0.15, 0.2) is 0 Å². The van der Waals surface area contributed by atoms with Crippen LogP contribution < -0.4 is 11.1 Å². The highest BCUT2D eigenvalue weighted by Crippen LogP contribution is 2.20. The van der Waals surface area contributed by atoms with E-state index >= 15 is 0 Å². The van der Waals surface area contributed by atoms with Crippen LogP contribution in [0.1, 0.15) is 25.8 Å². The molecular formula is C15H19N3O3. The maximum atomic E-state index is 12.3. The summed E-state index contributed by atoms with van der Waals surface area (Å²) in [6.07, 6.45) is 0.687. The van der Waals surface area contributed by atoms with Gasteiger partial charge in [-0.05, 0) is 31.9 Å². The number of nitrogens with two attached hydrogens (primary N) is 1. The van der Waals surface area contributed by atoms with Crippen LogP contribution in [0.2, 0.25) is 0 Å². The van der Waals surface area contributed by atoms with Gasteiger partial charge in [0.25, 0.3) is 5.91 Å². The van der Waals surface area contributed by atoms with Gasteiger partial charge in [-0.15, -0.1) is 0 Å². The number of nitrogens with one attached hydrogen (secondary N) is 1. The molecule has 0 aromatic heterocycles. The minimum absolute atomic E-state index is 0.0954. The van der Waals surface area contributed by atoms with E-state index in [9.17, 15) is 14.4 Å². The number of carbonyl (C=O) groups is 3. The molecule has 0 aliphatic carbocycles. The van der Waals surface area contributed by atoms with Crippen LogP contribution in [-0.2, 0) is 20.8 Å². The molecule has 1 aromatic rings. The zero-order valence-electron chi connectivity index (χ0n) is 12.2. The molecule has 2 rings (SSSR count). The number of aryl methyl sites for hydroxylation is 1. The Morgan fingerprint density at radius 3 is 2.67 bits per heavy atom. The summed E-state index contributed by atoms with van der Waals surface area (Å²) in [6.45, 7) is 3.16. The van der Waals surface area contributed by atoms with Gasteiger partial charge < -0.3 is 10.6 Å². The monoisotopic (exact) mass is 289 g/mol. The maximum Gasteiger partial charge on any atom is 0.252 e. The largest absolute Gasteiger partial charge is 0.399 e. The fraction of sp³-hybridized carbons (Fsp3) is 0.400. The van der Waals surface area contributed by atoms with Crippen molar-refractivity contribution < 1.29 is 14.4 Å². The molecule has 0 unspecified atom stereocenters. The second kappa shape index (κ2) is 5.55. The number of amides is 3. The van der Waals surface area contributed by atoms with E-state index < -0.39 is 17.4 Å². The van der Waals surface area contributed by atoms with Crippen molar-refractivity contribution in [3.63, 3.8) is 0 Å². The van der Waals surface area contributed by atoms with Crippen LogP contribution in [0.25, 0.3) is 0 Å². The molecule has 6 heteroatoms. The standard InChI is InChI=1S/C15H19N3O3/c1-15(2)14(21)17-12(19)9-18(15)13(20)8-7-10-5-3-4-6-11(10)16/h3-6H,7-9,16H2,1-2H3,(H,17,19,21). The van der Waals surface area contributed by atoms with Crippen molar-refractivity contribution in [2.75, 3.05) is 12.3 Å². The van der Waals surface area contributed by atoms with E-state index in [0.29, 0.717) is 12.1 Å². The Morgan fingerprint density at radius 1 is 1.33 bits per heavy atom. The first-order valence-electron chi connectivity index (χ1n) is 6.80. The van der Waals surface area contributed by atoms with Crippen molar-refractivity contribution in [1.82, 2.24) is 10.2 Å². The average Bonchev–Trinajstić information content (AvgIpc) is 2.42. The molecule has 0 radical (unpaired) electrons. The van der Waals surface area contributed by atoms with Crippen LogP contribution in [0.15, 0.2) is 24.3 Å². The number of hydrogen-bond donors (Lipinski definition) is 2. The summed E-state index contributed by atoms with van der Waals surface area (Å²) >= 11 is 0. The molecule has 1 heterocycles. The molecule has 3 N–H and O–H groups in total. The van der Waals surface area contributed by atoms with Gasteiger partial charge in [-0.2, -0.15) is 0 Å². The normalized spacial score (nSPS) is 17.5. The molecule has 112 valence electrons. The van der Waals surface area contributed by atoms with Gasteiger partial charge >= 0.3 is 0 Å². The first-order chi connectivity index (χ1) is 9.82. The van der Waals surface area contributed by atoms with Gasteiger partial charge in [-0.25, -0.2) is 0 Å². The zero-order valence-corrected chi connectivity index (χ0v) is 12.2. The third-order valence-electron chi connectivity index (χ3n) is 3.75. The Labute approximate surface area is 123 Å². The van der Waals surface area contributed by atoms with Crippen LogP contribution in [0.5, 0.6) is 0 Å². The highest BCUT2D eigenvalue weighted by Gasteiger charge is 2.43. The summed E-state index contributed by atoms with van der Waals surface area (Å²) < 4.78 is 0. The summed E-state index contributed by atoms with van der Waals surface area (Å²) in [5.41, 5.74) is 6.34. The average molecular weight is 289 g/mol. The molecule has 21 heavy (non-hydrogen) atoms. The third-order valence-corrected chi connectivity index (χ3v) is 3.75. The summed E-state index contributed by atoms with van der Waals surface area (Å²) in [7, 11) is 0. The van der Waals surface area contributed by atoms with Crippen molar-refractivity contribution in [1.29, 1.82) is 0 Å². The number of piperazine rings is 1. The molecule has 1 saturated heterocycles. The number of nitrogens with zero attached hydrogens (tertiary/aromatic N) is 1. The van der Waals surface area contributed by atoms with Gasteiger partial charge in [0.1, 0.15) is 12.1 Å². The van der Waals surface area contributed by atoms with Gasteiger partial charge in [0.2, 0.25) is 11.8 Å². The second-order valence-electron chi connectivity index (χ2n) is 5.62. The molecule has 1 fully saturated rings. The smallest absolute Gasteiger partial charge is 0.252 e. The van der Waals surface area contributed by atoms with E-state index in [2.05, 4.69) is 5.32 Å². The summed E-state index contributed by atoms with van der Waals surface area (Å²) in [5, 5.41) is 2.25. The summed E-state index contributed by atoms with van der Waals surface area (Å²) in [5.74, 6) is -1.13. The lowest BCUT2D eigenvalue weighted by Gasteiger charge is -2.40. The van der Waals surface area contributed by atoms with E-state index in [4.69, 9.17) is 5.73 Å². The molecule has 6 nitrogen and oxygen atoms in total. The summed E-state index contributed by atoms with van der Waals surface area (Å²) in [4.78, 5) is 37.0. The van der Waals surface area contributed by atoms with Crippen LogP contribution >= 0.6 is 0 Å². The number of para-hydroxylation sites is 1. The Morgan fingerprint density at radius 2 is 2.00 bits per heavy atom. The maximum absolute atomic E-state index is 12.3. The minimum atomic E-state index is -1.02. The molecule has 1 aliphatic rings. The molecule has 0 atom stereocenters. The molecule has 1 aliphatic heterocycles. The quantitative estimate of drug-likeness (QED) is 0.625. The van der Waals surface area contributed by atoms with Crippen molar-refractivity contribution in [2.24, 2.45) is 0 Å². The number of rotatable bonds is 3. The summed E-state index contributed by atoms with van der Waals surface area (Å²) in [6, 6.07) is 7.33. The Bertz CT molecular complexity index is 596. The minimum Gasteiger partial charge on any atom is -0.399 e. The van der Waals surface area contributed by atoms with E-state index in [1.54, 1.807) is 19.9 Å². The predicted octanol–water partition coefficient (Wildman–Crippen LogP) is 0.465. The Hall–Kier alpha value is -2.37. The molecular weight excluding hydrogens is 270 g/mol.